The number of halogens is 4. The molecular weight excluding hydrogens is 462 g/mol. The number of benzene rings is 2. The van der Waals surface area contributed by atoms with Crippen LogP contribution in [0.2, 0.25) is 10.0 Å². The normalized spacial score (nSPS) is 10.5. The smallest absolute Gasteiger partial charge is 0.167 e. The summed E-state index contributed by atoms with van der Waals surface area (Å²) < 4.78 is 1.82. The summed E-state index contributed by atoms with van der Waals surface area (Å²) in [5.74, 6) is 0.00234. The number of Topliss-reactive ketones (excluding diaryl/α,β-unsaturated/α-hetero) is 1. The number of carbonyl (C=O) groups excluding carboxylic acids is 1. The number of ketones is 1. The Balaban J connectivity index is 2.23. The highest BCUT2D eigenvalue weighted by molar-refractivity contribution is 14.1. The van der Waals surface area contributed by atoms with Crippen molar-refractivity contribution in [2.75, 3.05) is 0 Å². The van der Waals surface area contributed by atoms with Crippen LogP contribution < -0.4 is 0 Å². The average Bonchev–Trinajstić information content (AvgIpc) is 2.36. The van der Waals surface area contributed by atoms with Gasteiger partial charge in [0.05, 0.1) is 5.02 Å². The maximum Gasteiger partial charge on any atom is 0.167 e. The minimum absolute atomic E-state index is 0.00234. The Kier molecular flexibility index (Phi) is 5.29. The van der Waals surface area contributed by atoms with Crippen LogP contribution in [0.25, 0.3) is 0 Å². The van der Waals surface area contributed by atoms with Crippen LogP contribution in [-0.4, -0.2) is 5.78 Å². The van der Waals surface area contributed by atoms with Crippen molar-refractivity contribution in [1.82, 2.24) is 0 Å². The van der Waals surface area contributed by atoms with Gasteiger partial charge in [0.1, 0.15) is 0 Å². The topological polar surface area (TPSA) is 17.1 Å². The minimum Gasteiger partial charge on any atom is -0.294 e. The van der Waals surface area contributed by atoms with E-state index in [9.17, 15) is 4.79 Å². The SMILES string of the molecule is O=C(Cc1ccc(Br)cc1Cl)c1ccc(I)c(Cl)c1. The highest BCUT2D eigenvalue weighted by atomic mass is 127. The van der Waals surface area contributed by atoms with Gasteiger partial charge >= 0.3 is 0 Å². The van der Waals surface area contributed by atoms with Crippen molar-refractivity contribution < 1.29 is 4.79 Å². The first-order chi connectivity index (χ1) is 8.97. The Morgan fingerprint density at radius 2 is 1.84 bits per heavy atom. The third-order valence-electron chi connectivity index (χ3n) is 2.61. The molecule has 0 saturated carbocycles. The van der Waals surface area contributed by atoms with Crippen LogP contribution in [0.3, 0.4) is 0 Å². The Bertz CT molecular complexity index is 643. The van der Waals surface area contributed by atoms with Crippen molar-refractivity contribution in [1.29, 1.82) is 0 Å². The van der Waals surface area contributed by atoms with E-state index in [1.807, 2.05) is 18.2 Å². The molecule has 0 aromatic heterocycles. The first-order valence-electron chi connectivity index (χ1n) is 5.39. The zero-order chi connectivity index (χ0) is 14.0. The van der Waals surface area contributed by atoms with Crippen molar-refractivity contribution in [2.45, 2.75) is 6.42 Å². The standard InChI is InChI=1S/C14H8BrCl2IO/c15-10-3-1-8(11(16)7-10)6-14(19)9-2-4-13(18)12(17)5-9/h1-5,7H,6H2. The fourth-order valence-corrected chi connectivity index (χ4v) is 2.87. The second-order valence-electron chi connectivity index (χ2n) is 3.96. The van der Waals surface area contributed by atoms with Crippen LogP contribution in [0.4, 0.5) is 0 Å². The van der Waals surface area contributed by atoms with E-state index >= 15 is 0 Å². The number of hydrogen-bond acceptors (Lipinski definition) is 1. The monoisotopic (exact) mass is 468 g/mol. The van der Waals surface area contributed by atoms with Crippen molar-refractivity contribution in [3.05, 3.63) is 65.6 Å². The molecule has 0 aliphatic carbocycles. The molecule has 0 bridgehead atoms. The summed E-state index contributed by atoms with van der Waals surface area (Å²) in [7, 11) is 0. The predicted octanol–water partition coefficient (Wildman–Crippen LogP) is 5.79. The van der Waals surface area contributed by atoms with Gasteiger partial charge in [-0.05, 0) is 52.4 Å². The van der Waals surface area contributed by atoms with Gasteiger partial charge < -0.3 is 0 Å². The second-order valence-corrected chi connectivity index (χ2v) is 6.86. The van der Waals surface area contributed by atoms with Crippen molar-refractivity contribution in [2.24, 2.45) is 0 Å². The number of hydrogen-bond donors (Lipinski definition) is 0. The van der Waals surface area contributed by atoms with Gasteiger partial charge in [0.2, 0.25) is 0 Å². The van der Waals surface area contributed by atoms with Crippen molar-refractivity contribution in [3.8, 4) is 0 Å². The van der Waals surface area contributed by atoms with Gasteiger partial charge in [-0.2, -0.15) is 0 Å². The molecule has 1 nitrogen and oxygen atoms in total. The summed E-state index contributed by atoms with van der Waals surface area (Å²) >= 11 is 17.6. The third kappa shape index (κ3) is 3.94. The van der Waals surface area contributed by atoms with E-state index in [0.29, 0.717) is 15.6 Å². The zero-order valence-corrected chi connectivity index (χ0v) is 14.8. The molecule has 0 aliphatic rings. The van der Waals surface area contributed by atoms with Crippen LogP contribution >= 0.6 is 61.7 Å². The van der Waals surface area contributed by atoms with E-state index in [2.05, 4.69) is 38.5 Å². The third-order valence-corrected chi connectivity index (χ3v) is 5.03. The van der Waals surface area contributed by atoms with Crippen LogP contribution in [0.5, 0.6) is 0 Å². The molecule has 0 heterocycles. The number of rotatable bonds is 3. The van der Waals surface area contributed by atoms with Gasteiger partial charge in [-0.15, -0.1) is 0 Å². The summed E-state index contributed by atoms with van der Waals surface area (Å²) in [6, 6.07) is 10.8. The molecule has 0 unspecified atom stereocenters. The summed E-state index contributed by atoms with van der Waals surface area (Å²) in [6.45, 7) is 0. The fourth-order valence-electron chi connectivity index (χ4n) is 1.61. The van der Waals surface area contributed by atoms with Crippen molar-refractivity contribution in [3.63, 3.8) is 0 Å². The Hall–Kier alpha value is -0.100. The molecule has 2 rings (SSSR count). The van der Waals surface area contributed by atoms with Gasteiger partial charge in [-0.25, -0.2) is 0 Å². The van der Waals surface area contributed by atoms with E-state index in [0.717, 1.165) is 13.6 Å². The van der Waals surface area contributed by atoms with E-state index in [1.165, 1.54) is 0 Å². The highest BCUT2D eigenvalue weighted by Gasteiger charge is 2.11. The summed E-state index contributed by atoms with van der Waals surface area (Å²) in [5, 5.41) is 1.17. The van der Waals surface area contributed by atoms with Gasteiger partial charge in [0, 0.05) is 25.0 Å². The Morgan fingerprint density at radius 1 is 1.11 bits per heavy atom. The van der Waals surface area contributed by atoms with E-state index in [1.54, 1.807) is 18.2 Å². The molecule has 2 aromatic rings. The lowest BCUT2D eigenvalue weighted by atomic mass is 10.0. The van der Waals surface area contributed by atoms with Gasteiger partial charge in [-0.3, -0.25) is 4.79 Å². The molecule has 0 atom stereocenters. The fraction of sp³-hybridized carbons (Fsp3) is 0.0714. The molecular formula is C14H8BrCl2IO. The quantitative estimate of drug-likeness (QED) is 0.411. The van der Waals surface area contributed by atoms with Gasteiger partial charge in [0.15, 0.2) is 5.78 Å². The molecule has 19 heavy (non-hydrogen) atoms. The molecule has 98 valence electrons. The van der Waals surface area contributed by atoms with Crippen LogP contribution in [0, 0.1) is 3.57 Å². The van der Waals surface area contributed by atoms with E-state index in [-0.39, 0.29) is 12.2 Å². The second kappa shape index (κ2) is 6.57. The van der Waals surface area contributed by atoms with E-state index in [4.69, 9.17) is 23.2 Å². The molecule has 0 fully saturated rings. The molecule has 0 radical (unpaired) electrons. The lowest BCUT2D eigenvalue weighted by Crippen LogP contribution is -2.04. The maximum atomic E-state index is 12.2. The van der Waals surface area contributed by atoms with Gasteiger partial charge in [0.25, 0.3) is 0 Å². The summed E-state index contributed by atoms with van der Waals surface area (Å²) in [5.41, 5.74) is 1.41. The molecule has 0 N–H and O–H groups in total. The maximum absolute atomic E-state index is 12.2. The first-order valence-corrected chi connectivity index (χ1v) is 8.02. The lowest BCUT2D eigenvalue weighted by Gasteiger charge is -2.05. The lowest BCUT2D eigenvalue weighted by molar-refractivity contribution is 0.0993. The molecule has 2 aromatic carbocycles. The molecule has 0 saturated heterocycles. The molecule has 5 heteroatoms. The highest BCUT2D eigenvalue weighted by Crippen LogP contribution is 2.24. The zero-order valence-electron chi connectivity index (χ0n) is 9.59. The van der Waals surface area contributed by atoms with Crippen LogP contribution in [0.1, 0.15) is 15.9 Å². The Morgan fingerprint density at radius 3 is 2.47 bits per heavy atom. The molecule has 0 spiro atoms. The first kappa shape index (κ1) is 15.3. The Labute approximate surface area is 143 Å². The minimum atomic E-state index is 0.00234. The molecule has 0 amide bonds. The van der Waals surface area contributed by atoms with E-state index < -0.39 is 0 Å². The average molecular weight is 470 g/mol. The van der Waals surface area contributed by atoms with Crippen molar-refractivity contribution >= 4 is 67.5 Å². The summed E-state index contributed by atoms with van der Waals surface area (Å²) in [4.78, 5) is 12.2. The van der Waals surface area contributed by atoms with Gasteiger partial charge in [-0.1, -0.05) is 51.3 Å². The predicted molar refractivity (Wildman–Crippen MR) is 91.4 cm³/mol. The van der Waals surface area contributed by atoms with Crippen LogP contribution in [0.15, 0.2) is 40.9 Å². The summed E-state index contributed by atoms with van der Waals surface area (Å²) in [6.07, 6.45) is 0.267. The van der Waals surface area contributed by atoms with Crippen LogP contribution in [-0.2, 0) is 6.42 Å². The molecule has 0 aliphatic heterocycles. The number of carbonyl (C=O) groups is 1. The largest absolute Gasteiger partial charge is 0.294 e.